The van der Waals surface area contributed by atoms with Crippen molar-refractivity contribution < 1.29 is 14.3 Å². The van der Waals surface area contributed by atoms with Gasteiger partial charge in [0.1, 0.15) is 5.54 Å². The molecule has 1 heterocycles. The van der Waals surface area contributed by atoms with Crippen LogP contribution >= 0.6 is 0 Å². The number of hydrogen-bond acceptors (Lipinski definition) is 3. The summed E-state index contributed by atoms with van der Waals surface area (Å²) in [5, 5.41) is 2.87. The third-order valence-corrected chi connectivity index (χ3v) is 3.79. The van der Waals surface area contributed by atoms with Crippen molar-refractivity contribution in [2.45, 2.75) is 45.3 Å². The first-order chi connectivity index (χ1) is 8.47. The molecule has 2 aliphatic rings. The standard InChI is InChI=1S/C13H22N2O3/c1-4-18-9(2)7-15-8-11(16)14-13(3,12(15)17)10-5-6-10/h9-10H,4-8H2,1-3H3,(H,14,16). The number of rotatable bonds is 5. The van der Waals surface area contributed by atoms with Gasteiger partial charge in [-0.25, -0.2) is 0 Å². The molecule has 0 radical (unpaired) electrons. The summed E-state index contributed by atoms with van der Waals surface area (Å²) in [6, 6.07) is 0. The minimum Gasteiger partial charge on any atom is -0.377 e. The van der Waals surface area contributed by atoms with E-state index < -0.39 is 5.54 Å². The number of piperazine rings is 1. The minimum atomic E-state index is -0.693. The lowest BCUT2D eigenvalue weighted by molar-refractivity contribution is -0.151. The first-order valence-corrected chi connectivity index (χ1v) is 6.69. The zero-order valence-electron chi connectivity index (χ0n) is 11.4. The van der Waals surface area contributed by atoms with Crippen molar-refractivity contribution in [3.63, 3.8) is 0 Å². The molecular weight excluding hydrogens is 232 g/mol. The summed E-state index contributed by atoms with van der Waals surface area (Å²) >= 11 is 0. The Morgan fingerprint density at radius 3 is 2.72 bits per heavy atom. The van der Waals surface area contributed by atoms with Crippen molar-refractivity contribution in [3.05, 3.63) is 0 Å². The van der Waals surface area contributed by atoms with Gasteiger partial charge in [-0.3, -0.25) is 9.59 Å². The smallest absolute Gasteiger partial charge is 0.248 e. The monoisotopic (exact) mass is 254 g/mol. The van der Waals surface area contributed by atoms with Gasteiger partial charge in [0.05, 0.1) is 12.6 Å². The summed E-state index contributed by atoms with van der Waals surface area (Å²) in [6.45, 7) is 6.96. The Bertz CT molecular complexity index is 354. The molecule has 0 aromatic heterocycles. The highest BCUT2D eigenvalue weighted by Gasteiger charge is 2.52. The third kappa shape index (κ3) is 2.51. The number of nitrogens with one attached hydrogen (secondary N) is 1. The first-order valence-electron chi connectivity index (χ1n) is 6.69. The lowest BCUT2D eigenvalue weighted by Crippen LogP contribution is -2.67. The van der Waals surface area contributed by atoms with Crippen LogP contribution in [0.15, 0.2) is 0 Å². The summed E-state index contributed by atoms with van der Waals surface area (Å²) in [5.74, 6) is 0.281. The van der Waals surface area contributed by atoms with E-state index in [1.165, 1.54) is 0 Å². The van der Waals surface area contributed by atoms with Gasteiger partial charge in [0.2, 0.25) is 11.8 Å². The summed E-state index contributed by atoms with van der Waals surface area (Å²) in [4.78, 5) is 25.9. The Hall–Kier alpha value is -1.10. The van der Waals surface area contributed by atoms with E-state index in [1.54, 1.807) is 4.90 Å². The van der Waals surface area contributed by atoms with Crippen LogP contribution < -0.4 is 5.32 Å². The zero-order valence-corrected chi connectivity index (χ0v) is 11.4. The number of carbonyl (C=O) groups excluding carboxylic acids is 2. The molecule has 5 heteroatoms. The first kappa shape index (κ1) is 13.3. The second-order valence-electron chi connectivity index (χ2n) is 5.48. The Morgan fingerprint density at radius 2 is 2.17 bits per heavy atom. The molecular formula is C13H22N2O3. The highest BCUT2D eigenvalue weighted by atomic mass is 16.5. The normalized spacial score (nSPS) is 30.3. The molecule has 102 valence electrons. The van der Waals surface area contributed by atoms with Crippen LogP contribution in [0.25, 0.3) is 0 Å². The largest absolute Gasteiger partial charge is 0.377 e. The van der Waals surface area contributed by atoms with Gasteiger partial charge in [-0.05, 0) is 39.5 Å². The molecule has 18 heavy (non-hydrogen) atoms. The van der Waals surface area contributed by atoms with Gasteiger partial charge in [-0.2, -0.15) is 0 Å². The number of ether oxygens (including phenoxy) is 1. The Labute approximate surface area is 108 Å². The molecule has 0 bridgehead atoms. The predicted octanol–water partition coefficient (Wildman–Crippen LogP) is 0.538. The van der Waals surface area contributed by atoms with E-state index in [2.05, 4.69) is 5.32 Å². The van der Waals surface area contributed by atoms with Gasteiger partial charge < -0.3 is 15.0 Å². The summed E-state index contributed by atoms with van der Waals surface area (Å²) < 4.78 is 5.45. The molecule has 1 N–H and O–H groups in total. The SMILES string of the molecule is CCOC(C)CN1CC(=O)NC(C)(C2CC2)C1=O. The maximum absolute atomic E-state index is 12.5. The average Bonchev–Trinajstić information content (AvgIpc) is 3.09. The highest BCUT2D eigenvalue weighted by molar-refractivity contribution is 5.98. The predicted molar refractivity (Wildman–Crippen MR) is 66.9 cm³/mol. The summed E-state index contributed by atoms with van der Waals surface area (Å²) in [6.07, 6.45) is 2.02. The molecule has 0 spiro atoms. The Morgan fingerprint density at radius 1 is 1.50 bits per heavy atom. The quantitative estimate of drug-likeness (QED) is 0.779. The molecule has 2 rings (SSSR count). The topological polar surface area (TPSA) is 58.6 Å². The van der Waals surface area contributed by atoms with Crippen molar-refractivity contribution in [2.75, 3.05) is 19.7 Å². The van der Waals surface area contributed by atoms with Gasteiger partial charge in [0, 0.05) is 13.2 Å². The molecule has 1 saturated carbocycles. The van der Waals surface area contributed by atoms with E-state index in [9.17, 15) is 9.59 Å². The maximum Gasteiger partial charge on any atom is 0.248 e. The van der Waals surface area contributed by atoms with Crippen molar-refractivity contribution in [1.29, 1.82) is 0 Å². The fourth-order valence-electron chi connectivity index (χ4n) is 2.69. The Kier molecular flexibility index (Phi) is 3.61. The fourth-order valence-corrected chi connectivity index (χ4v) is 2.69. The number of amides is 2. The van der Waals surface area contributed by atoms with Crippen LogP contribution in [0.4, 0.5) is 0 Å². The molecule has 2 amide bonds. The van der Waals surface area contributed by atoms with Gasteiger partial charge in [0.25, 0.3) is 0 Å². The van der Waals surface area contributed by atoms with E-state index in [4.69, 9.17) is 4.74 Å². The second-order valence-corrected chi connectivity index (χ2v) is 5.48. The number of nitrogens with zero attached hydrogens (tertiary/aromatic N) is 1. The molecule has 0 aromatic carbocycles. The van der Waals surface area contributed by atoms with Crippen LogP contribution in [-0.4, -0.2) is 48.1 Å². The van der Waals surface area contributed by atoms with Crippen LogP contribution in [0.3, 0.4) is 0 Å². The summed E-state index contributed by atoms with van der Waals surface area (Å²) in [7, 11) is 0. The molecule has 1 aliphatic carbocycles. The Balaban J connectivity index is 2.05. The van der Waals surface area contributed by atoms with E-state index >= 15 is 0 Å². The number of carbonyl (C=O) groups is 2. The van der Waals surface area contributed by atoms with E-state index in [0.29, 0.717) is 19.1 Å². The van der Waals surface area contributed by atoms with E-state index in [1.807, 2.05) is 20.8 Å². The van der Waals surface area contributed by atoms with Crippen LogP contribution in [0, 0.1) is 5.92 Å². The summed E-state index contributed by atoms with van der Waals surface area (Å²) in [5.41, 5.74) is -0.693. The average molecular weight is 254 g/mol. The zero-order chi connectivity index (χ0) is 13.3. The molecule has 1 saturated heterocycles. The molecule has 5 nitrogen and oxygen atoms in total. The molecule has 2 fully saturated rings. The van der Waals surface area contributed by atoms with Crippen LogP contribution in [-0.2, 0) is 14.3 Å². The van der Waals surface area contributed by atoms with Crippen LogP contribution in [0.2, 0.25) is 0 Å². The van der Waals surface area contributed by atoms with Crippen molar-refractivity contribution in [3.8, 4) is 0 Å². The van der Waals surface area contributed by atoms with E-state index in [0.717, 1.165) is 12.8 Å². The maximum atomic E-state index is 12.5. The van der Waals surface area contributed by atoms with Gasteiger partial charge in [-0.15, -0.1) is 0 Å². The van der Waals surface area contributed by atoms with Crippen LogP contribution in [0.1, 0.15) is 33.6 Å². The van der Waals surface area contributed by atoms with Gasteiger partial charge >= 0.3 is 0 Å². The molecule has 2 unspecified atom stereocenters. The van der Waals surface area contributed by atoms with Crippen molar-refractivity contribution >= 4 is 11.8 Å². The fraction of sp³-hybridized carbons (Fsp3) is 0.846. The van der Waals surface area contributed by atoms with Gasteiger partial charge in [-0.1, -0.05) is 0 Å². The van der Waals surface area contributed by atoms with Crippen LogP contribution in [0.5, 0.6) is 0 Å². The molecule has 1 aliphatic heterocycles. The molecule has 0 aromatic rings. The highest BCUT2D eigenvalue weighted by Crippen LogP contribution is 2.41. The van der Waals surface area contributed by atoms with Crippen molar-refractivity contribution in [2.24, 2.45) is 5.92 Å². The van der Waals surface area contributed by atoms with Gasteiger partial charge in [0.15, 0.2) is 0 Å². The number of hydrogen-bond donors (Lipinski definition) is 1. The molecule has 2 atom stereocenters. The lowest BCUT2D eigenvalue weighted by Gasteiger charge is -2.40. The van der Waals surface area contributed by atoms with E-state index in [-0.39, 0.29) is 24.5 Å². The van der Waals surface area contributed by atoms with Crippen molar-refractivity contribution in [1.82, 2.24) is 10.2 Å². The second kappa shape index (κ2) is 4.88. The third-order valence-electron chi connectivity index (χ3n) is 3.79. The minimum absolute atomic E-state index is 0.0340. The lowest BCUT2D eigenvalue weighted by atomic mass is 9.91.